The molecular weight excluding hydrogens is 328 g/mol. The molecule has 0 bridgehead atoms. The second kappa shape index (κ2) is 11.0. The van der Waals surface area contributed by atoms with Crippen LogP contribution < -0.4 is 26.8 Å². The van der Waals surface area contributed by atoms with E-state index in [2.05, 4.69) is 34.8 Å². The molecule has 0 aliphatic carbocycles. The first kappa shape index (κ1) is 22.3. The number of hydrogen-bond donors (Lipinski definition) is 4. The van der Waals surface area contributed by atoms with Gasteiger partial charge in [-0.1, -0.05) is 13.2 Å². The lowest BCUT2D eigenvalue weighted by Gasteiger charge is -2.21. The van der Waals surface area contributed by atoms with E-state index in [1.807, 2.05) is 0 Å². The Kier molecular flexibility index (Phi) is 9.80. The summed E-state index contributed by atoms with van der Waals surface area (Å²) in [7, 11) is 0. The number of aliphatic carboxylic acids is 1. The van der Waals surface area contributed by atoms with Crippen molar-refractivity contribution in [3.05, 3.63) is 24.3 Å². The van der Waals surface area contributed by atoms with Crippen LogP contribution in [0.25, 0.3) is 0 Å². The van der Waals surface area contributed by atoms with Crippen LogP contribution in [0.1, 0.15) is 26.7 Å². The summed E-state index contributed by atoms with van der Waals surface area (Å²) in [5.74, 6) is -2.76. The molecule has 0 fully saturated rings. The van der Waals surface area contributed by atoms with Gasteiger partial charge in [-0.3, -0.25) is 14.4 Å². The molecule has 6 N–H and O–H groups in total. The van der Waals surface area contributed by atoms with Crippen molar-refractivity contribution in [3.63, 3.8) is 0 Å². The van der Waals surface area contributed by atoms with Crippen LogP contribution in [0.15, 0.2) is 24.3 Å². The maximum atomic E-state index is 12.0. The summed E-state index contributed by atoms with van der Waals surface area (Å²) in [6, 6.07) is -2.01. The zero-order valence-electron chi connectivity index (χ0n) is 14.6. The lowest BCUT2D eigenvalue weighted by Crippen LogP contribution is -2.69. The second-order valence-electron chi connectivity index (χ2n) is 5.73. The zero-order valence-corrected chi connectivity index (χ0v) is 14.6. The average Bonchev–Trinajstić information content (AvgIpc) is 2.52. The summed E-state index contributed by atoms with van der Waals surface area (Å²) in [5.41, 5.74) is 4.28. The second-order valence-corrected chi connectivity index (χ2v) is 5.73. The fourth-order valence-corrected chi connectivity index (χ4v) is 1.66. The molecule has 2 atom stereocenters. The van der Waals surface area contributed by atoms with E-state index in [1.54, 1.807) is 6.92 Å². The van der Waals surface area contributed by atoms with Gasteiger partial charge in [0, 0.05) is 30.7 Å². The third-order valence-electron chi connectivity index (χ3n) is 3.24. The maximum Gasteiger partial charge on any atom is 0.278 e. The summed E-state index contributed by atoms with van der Waals surface area (Å²) in [4.78, 5) is 45.7. The van der Waals surface area contributed by atoms with Gasteiger partial charge in [-0.2, -0.15) is 0 Å². The van der Waals surface area contributed by atoms with Crippen molar-refractivity contribution in [1.29, 1.82) is 0 Å². The van der Waals surface area contributed by atoms with Crippen LogP contribution in [-0.4, -0.2) is 48.9 Å². The molecule has 9 heteroatoms. The summed E-state index contributed by atoms with van der Waals surface area (Å²) in [5, 5.41) is 18.4. The molecule has 0 saturated heterocycles. The first-order valence-corrected chi connectivity index (χ1v) is 7.78. The Morgan fingerprint density at radius 2 is 1.40 bits per heavy atom. The number of rotatable bonds is 11. The molecule has 0 aromatic rings. The summed E-state index contributed by atoms with van der Waals surface area (Å²) < 4.78 is 0. The first-order valence-electron chi connectivity index (χ1n) is 7.78. The Bertz CT molecular complexity index is 559. The normalized spacial score (nSPS) is 12.4. The molecule has 0 unspecified atom stereocenters. The third kappa shape index (κ3) is 9.26. The van der Waals surface area contributed by atoms with Crippen molar-refractivity contribution in [3.8, 4) is 0 Å². The van der Waals surface area contributed by atoms with Crippen molar-refractivity contribution in [2.24, 2.45) is 0 Å². The topological polar surface area (TPSA) is 155 Å². The minimum Gasteiger partial charge on any atom is -0.548 e. The van der Waals surface area contributed by atoms with Gasteiger partial charge in [-0.25, -0.2) is 0 Å². The minimum absolute atomic E-state index is 0.0355. The van der Waals surface area contributed by atoms with Crippen LogP contribution >= 0.6 is 0 Å². The van der Waals surface area contributed by atoms with E-state index in [1.165, 1.54) is 6.92 Å². The molecule has 0 spiro atoms. The summed E-state index contributed by atoms with van der Waals surface area (Å²) in [6.45, 7) is 10.3. The Morgan fingerprint density at radius 3 is 1.80 bits per heavy atom. The number of amides is 3. The smallest absolute Gasteiger partial charge is 0.278 e. The van der Waals surface area contributed by atoms with E-state index < -0.39 is 29.9 Å². The fourth-order valence-electron chi connectivity index (χ4n) is 1.66. The number of quaternary nitrogens is 1. The Hall–Kier alpha value is -2.68. The number of carboxylic acid groups (broad SMARTS) is 1. The van der Waals surface area contributed by atoms with E-state index >= 15 is 0 Å². The summed E-state index contributed by atoms with van der Waals surface area (Å²) in [6.07, 6.45) is 0.198. The SMILES string of the molecule is C=C(C)C(=O)NCC[C@H](NC(=O)[C@@H]([NH3+])CCNC(=O)C(=C)C)C(=O)[O-]. The van der Waals surface area contributed by atoms with E-state index in [4.69, 9.17) is 0 Å². The van der Waals surface area contributed by atoms with Crippen LogP contribution in [0.3, 0.4) is 0 Å². The van der Waals surface area contributed by atoms with Gasteiger partial charge in [0.1, 0.15) is 0 Å². The van der Waals surface area contributed by atoms with Gasteiger partial charge in [0.2, 0.25) is 11.8 Å². The van der Waals surface area contributed by atoms with Crippen molar-refractivity contribution >= 4 is 23.7 Å². The molecular formula is C16H26N4O5. The van der Waals surface area contributed by atoms with Gasteiger partial charge in [-0.15, -0.1) is 0 Å². The highest BCUT2D eigenvalue weighted by atomic mass is 16.4. The molecule has 0 aliphatic rings. The quantitative estimate of drug-likeness (QED) is 0.291. The number of carboxylic acids is 1. The Balaban J connectivity index is 4.36. The van der Waals surface area contributed by atoms with Gasteiger partial charge in [0.25, 0.3) is 5.91 Å². The Labute approximate surface area is 146 Å². The van der Waals surface area contributed by atoms with Crippen LogP contribution in [0.5, 0.6) is 0 Å². The van der Waals surface area contributed by atoms with E-state index in [9.17, 15) is 24.3 Å². The lowest BCUT2D eigenvalue weighted by molar-refractivity contribution is -0.404. The largest absolute Gasteiger partial charge is 0.548 e. The minimum atomic E-state index is -1.46. The van der Waals surface area contributed by atoms with E-state index in [0.29, 0.717) is 11.1 Å². The van der Waals surface area contributed by atoms with Crippen molar-refractivity contribution in [2.45, 2.75) is 38.8 Å². The molecule has 140 valence electrons. The molecule has 25 heavy (non-hydrogen) atoms. The van der Waals surface area contributed by atoms with E-state index in [-0.39, 0.29) is 31.8 Å². The zero-order chi connectivity index (χ0) is 19.6. The summed E-state index contributed by atoms with van der Waals surface area (Å²) >= 11 is 0. The van der Waals surface area contributed by atoms with E-state index in [0.717, 1.165) is 0 Å². The average molecular weight is 354 g/mol. The predicted molar refractivity (Wildman–Crippen MR) is 88.5 cm³/mol. The fraction of sp³-hybridized carbons (Fsp3) is 0.500. The highest BCUT2D eigenvalue weighted by Gasteiger charge is 2.21. The molecule has 0 aromatic heterocycles. The highest BCUT2D eigenvalue weighted by Crippen LogP contribution is 1.95. The van der Waals surface area contributed by atoms with Crippen LogP contribution in [0.4, 0.5) is 0 Å². The molecule has 3 amide bonds. The first-order chi connectivity index (χ1) is 11.6. The third-order valence-corrected chi connectivity index (χ3v) is 3.24. The maximum absolute atomic E-state index is 12.0. The van der Waals surface area contributed by atoms with Crippen molar-refractivity contribution < 1.29 is 30.0 Å². The number of carbonyl (C=O) groups is 4. The standard InChI is InChI=1S/C16H26N4O5/c1-9(2)13(21)18-7-5-11(17)15(23)20-12(16(24)25)6-8-19-14(22)10(3)4/h11-12H,1,3,5-8,17H2,2,4H3,(H,18,21)(H,19,22)(H,20,23)(H,24,25)/t11-,12-/m0/s1. The molecule has 0 rings (SSSR count). The van der Waals surface area contributed by atoms with Crippen molar-refractivity contribution in [1.82, 2.24) is 16.0 Å². The molecule has 0 heterocycles. The molecule has 0 saturated carbocycles. The van der Waals surface area contributed by atoms with Crippen LogP contribution in [0.2, 0.25) is 0 Å². The molecule has 0 radical (unpaired) electrons. The number of nitrogens with one attached hydrogen (secondary N) is 3. The molecule has 0 aromatic carbocycles. The predicted octanol–water partition coefficient (Wildman–Crippen LogP) is -3.00. The van der Waals surface area contributed by atoms with Gasteiger partial charge < -0.3 is 31.6 Å². The monoisotopic (exact) mass is 354 g/mol. The lowest BCUT2D eigenvalue weighted by atomic mass is 10.1. The van der Waals surface area contributed by atoms with Gasteiger partial charge in [0.05, 0.1) is 12.0 Å². The van der Waals surface area contributed by atoms with Gasteiger partial charge >= 0.3 is 0 Å². The van der Waals surface area contributed by atoms with Crippen molar-refractivity contribution in [2.75, 3.05) is 13.1 Å². The Morgan fingerprint density at radius 1 is 0.960 bits per heavy atom. The molecule has 9 nitrogen and oxygen atoms in total. The van der Waals surface area contributed by atoms with Crippen LogP contribution in [0, 0.1) is 0 Å². The van der Waals surface area contributed by atoms with Crippen LogP contribution in [-0.2, 0) is 19.2 Å². The molecule has 0 aliphatic heterocycles. The van der Waals surface area contributed by atoms with Gasteiger partial charge in [-0.05, 0) is 20.3 Å². The number of hydrogen-bond acceptors (Lipinski definition) is 5. The highest BCUT2D eigenvalue weighted by molar-refractivity contribution is 5.92. The number of carbonyl (C=O) groups excluding carboxylic acids is 4. The van der Waals surface area contributed by atoms with Gasteiger partial charge in [0.15, 0.2) is 6.04 Å².